The number of hydrogen-bond donors (Lipinski definition) is 0. The molecule has 172 valence electrons. The number of carbonyl (C=O) groups excluding carboxylic acids is 1. The predicted octanol–water partition coefficient (Wildman–Crippen LogP) is 4.90. The van der Waals surface area contributed by atoms with Gasteiger partial charge in [0.05, 0.1) is 5.56 Å². The molecule has 0 spiro atoms. The van der Waals surface area contributed by atoms with Crippen molar-refractivity contribution >= 4 is 11.6 Å². The zero-order valence-electron chi connectivity index (χ0n) is 18.4. The van der Waals surface area contributed by atoms with Gasteiger partial charge in [0.1, 0.15) is 0 Å². The molecule has 2 aromatic carbocycles. The van der Waals surface area contributed by atoms with Crippen LogP contribution in [0.5, 0.6) is 0 Å². The van der Waals surface area contributed by atoms with Crippen LogP contribution in [0.25, 0.3) is 0 Å². The minimum absolute atomic E-state index is 0.0214. The monoisotopic (exact) mass is 445 g/mol. The highest BCUT2D eigenvalue weighted by Gasteiger charge is 2.31. The van der Waals surface area contributed by atoms with E-state index in [1.54, 1.807) is 11.0 Å². The minimum atomic E-state index is -4.35. The third-order valence-corrected chi connectivity index (χ3v) is 6.45. The highest BCUT2D eigenvalue weighted by atomic mass is 19.4. The lowest BCUT2D eigenvalue weighted by Gasteiger charge is -2.36. The molecule has 0 radical (unpaired) electrons. The van der Waals surface area contributed by atoms with E-state index in [9.17, 15) is 18.0 Å². The summed E-state index contributed by atoms with van der Waals surface area (Å²) in [6.07, 6.45) is -1.82. The molecule has 0 aliphatic carbocycles. The molecule has 2 aliphatic heterocycles. The second kappa shape index (κ2) is 9.53. The Morgan fingerprint density at radius 1 is 1.00 bits per heavy atom. The fourth-order valence-electron chi connectivity index (χ4n) is 4.67. The second-order valence-electron chi connectivity index (χ2n) is 9.01. The molecule has 7 heteroatoms. The molecule has 2 fully saturated rings. The lowest BCUT2D eigenvalue weighted by Crippen LogP contribution is -2.48. The van der Waals surface area contributed by atoms with Gasteiger partial charge in [-0.1, -0.05) is 25.1 Å². The average molecular weight is 446 g/mol. The van der Waals surface area contributed by atoms with E-state index < -0.39 is 11.7 Å². The van der Waals surface area contributed by atoms with E-state index in [4.69, 9.17) is 0 Å². The zero-order valence-corrected chi connectivity index (χ0v) is 18.4. The van der Waals surface area contributed by atoms with Crippen molar-refractivity contribution in [2.45, 2.75) is 32.5 Å². The summed E-state index contributed by atoms with van der Waals surface area (Å²) in [5.41, 5.74) is 1.77. The van der Waals surface area contributed by atoms with Gasteiger partial charge in [0.15, 0.2) is 0 Å². The maximum absolute atomic E-state index is 13.0. The van der Waals surface area contributed by atoms with Crippen molar-refractivity contribution in [2.75, 3.05) is 44.2 Å². The van der Waals surface area contributed by atoms with Crippen molar-refractivity contribution in [1.29, 1.82) is 0 Å². The molecule has 2 aromatic rings. The number of piperidine rings is 1. The largest absolute Gasteiger partial charge is 0.416 e. The summed E-state index contributed by atoms with van der Waals surface area (Å²) < 4.78 is 39.0. The molecule has 2 heterocycles. The average Bonchev–Trinajstić information content (AvgIpc) is 2.79. The number of likely N-dealkylation sites (tertiary alicyclic amines) is 1. The Morgan fingerprint density at radius 3 is 2.38 bits per heavy atom. The lowest BCUT2D eigenvalue weighted by molar-refractivity contribution is -0.137. The summed E-state index contributed by atoms with van der Waals surface area (Å²) in [6, 6.07) is 13.2. The van der Waals surface area contributed by atoms with Crippen LogP contribution in [0.15, 0.2) is 48.5 Å². The van der Waals surface area contributed by atoms with E-state index >= 15 is 0 Å². The molecule has 1 amide bonds. The van der Waals surface area contributed by atoms with Crippen LogP contribution >= 0.6 is 0 Å². The van der Waals surface area contributed by atoms with Crippen LogP contribution in [0.1, 0.15) is 41.3 Å². The van der Waals surface area contributed by atoms with E-state index in [2.05, 4.69) is 11.8 Å². The number of halogens is 3. The fourth-order valence-corrected chi connectivity index (χ4v) is 4.67. The Kier molecular flexibility index (Phi) is 6.74. The Bertz CT molecular complexity index is 921. The molecule has 0 N–H and O–H groups in total. The summed E-state index contributed by atoms with van der Waals surface area (Å²) in [5.74, 6) is 0.714. The summed E-state index contributed by atoms with van der Waals surface area (Å²) in [5, 5.41) is 0. The number of nitrogens with zero attached hydrogens (tertiary/aromatic N) is 3. The van der Waals surface area contributed by atoms with Gasteiger partial charge < -0.3 is 9.80 Å². The summed E-state index contributed by atoms with van der Waals surface area (Å²) in [6.45, 7) is 7.45. The van der Waals surface area contributed by atoms with Crippen LogP contribution in [-0.2, 0) is 12.7 Å². The maximum Gasteiger partial charge on any atom is 0.416 e. The molecular weight excluding hydrogens is 415 g/mol. The number of carbonyl (C=O) groups is 1. The van der Waals surface area contributed by atoms with Gasteiger partial charge in [-0.15, -0.1) is 0 Å². The van der Waals surface area contributed by atoms with Gasteiger partial charge in [-0.05, 0) is 61.2 Å². The number of hydrogen-bond acceptors (Lipinski definition) is 3. The van der Waals surface area contributed by atoms with Gasteiger partial charge in [0.25, 0.3) is 5.91 Å². The third kappa shape index (κ3) is 5.44. The van der Waals surface area contributed by atoms with Crippen molar-refractivity contribution in [1.82, 2.24) is 9.80 Å². The topological polar surface area (TPSA) is 26.8 Å². The number of rotatable bonds is 4. The van der Waals surface area contributed by atoms with Gasteiger partial charge in [0, 0.05) is 50.5 Å². The van der Waals surface area contributed by atoms with Gasteiger partial charge in [-0.3, -0.25) is 9.69 Å². The van der Waals surface area contributed by atoms with Crippen LogP contribution in [0.2, 0.25) is 0 Å². The number of piperazine rings is 1. The van der Waals surface area contributed by atoms with E-state index in [0.717, 1.165) is 31.6 Å². The van der Waals surface area contributed by atoms with Crippen LogP contribution < -0.4 is 4.90 Å². The van der Waals surface area contributed by atoms with E-state index in [1.165, 1.54) is 30.5 Å². The quantitative estimate of drug-likeness (QED) is 0.670. The van der Waals surface area contributed by atoms with Crippen LogP contribution in [0, 0.1) is 5.92 Å². The van der Waals surface area contributed by atoms with Gasteiger partial charge in [-0.25, -0.2) is 0 Å². The molecule has 32 heavy (non-hydrogen) atoms. The van der Waals surface area contributed by atoms with Crippen LogP contribution in [-0.4, -0.2) is 55.0 Å². The first kappa shape index (κ1) is 22.6. The number of benzene rings is 2. The van der Waals surface area contributed by atoms with Crippen molar-refractivity contribution in [3.63, 3.8) is 0 Å². The SMILES string of the molecule is C[C@H]1CCCN(Cc2ccc(C(=O)N3CCN(c4cccc(C(F)(F)F)c4)CC3)cc2)C1. The van der Waals surface area contributed by atoms with Crippen LogP contribution in [0.4, 0.5) is 18.9 Å². The number of anilines is 1. The molecule has 2 aliphatic rings. The summed E-state index contributed by atoms with van der Waals surface area (Å²) >= 11 is 0. The van der Waals surface area contributed by atoms with E-state index in [0.29, 0.717) is 37.4 Å². The maximum atomic E-state index is 13.0. The van der Waals surface area contributed by atoms with Gasteiger partial charge >= 0.3 is 6.18 Å². The first-order valence-corrected chi connectivity index (χ1v) is 11.3. The Morgan fingerprint density at radius 2 is 1.72 bits per heavy atom. The third-order valence-electron chi connectivity index (χ3n) is 6.45. The Hall–Kier alpha value is -2.54. The molecule has 1 atom stereocenters. The second-order valence-corrected chi connectivity index (χ2v) is 9.01. The standard InChI is InChI=1S/C25H30F3N3O/c1-19-4-3-11-29(17-19)18-20-7-9-21(10-8-20)24(32)31-14-12-30(13-15-31)23-6-2-5-22(16-23)25(26,27)28/h2,5-10,16,19H,3-4,11-15,17-18H2,1H3/t19-/m0/s1. The van der Waals surface area contributed by atoms with Crippen LogP contribution in [0.3, 0.4) is 0 Å². The van der Waals surface area contributed by atoms with Gasteiger partial charge in [0.2, 0.25) is 0 Å². The number of alkyl halides is 3. The van der Waals surface area contributed by atoms with Crippen molar-refractivity contribution in [2.24, 2.45) is 5.92 Å². The lowest BCUT2D eigenvalue weighted by atomic mass is 9.99. The fraction of sp³-hybridized carbons (Fsp3) is 0.480. The van der Waals surface area contributed by atoms with Crippen molar-refractivity contribution in [3.8, 4) is 0 Å². The molecule has 0 bridgehead atoms. The Balaban J connectivity index is 1.32. The summed E-state index contributed by atoms with van der Waals surface area (Å²) in [7, 11) is 0. The highest BCUT2D eigenvalue weighted by molar-refractivity contribution is 5.94. The highest BCUT2D eigenvalue weighted by Crippen LogP contribution is 2.32. The van der Waals surface area contributed by atoms with E-state index in [-0.39, 0.29) is 5.91 Å². The zero-order chi connectivity index (χ0) is 22.7. The van der Waals surface area contributed by atoms with Crippen molar-refractivity contribution in [3.05, 3.63) is 65.2 Å². The first-order valence-electron chi connectivity index (χ1n) is 11.3. The molecule has 0 saturated carbocycles. The van der Waals surface area contributed by atoms with Gasteiger partial charge in [-0.2, -0.15) is 13.2 Å². The predicted molar refractivity (Wildman–Crippen MR) is 120 cm³/mol. The summed E-state index contributed by atoms with van der Waals surface area (Å²) in [4.78, 5) is 19.1. The molecular formula is C25H30F3N3O. The number of amides is 1. The molecule has 0 aromatic heterocycles. The normalized spacial score (nSPS) is 20.4. The molecule has 2 saturated heterocycles. The Labute approximate surface area is 187 Å². The molecule has 4 rings (SSSR count). The molecule has 4 nitrogen and oxygen atoms in total. The molecule has 0 unspecified atom stereocenters. The smallest absolute Gasteiger partial charge is 0.368 e. The minimum Gasteiger partial charge on any atom is -0.368 e. The first-order chi connectivity index (χ1) is 15.3. The van der Waals surface area contributed by atoms with E-state index in [1.807, 2.05) is 29.2 Å². The van der Waals surface area contributed by atoms with Crippen molar-refractivity contribution < 1.29 is 18.0 Å².